The first-order valence-electron chi connectivity index (χ1n) is 6.87. The smallest absolute Gasteiger partial charge is 0.0555 e. The number of hydrogen-bond donors (Lipinski definition) is 1. The summed E-state index contributed by atoms with van der Waals surface area (Å²) in [5.41, 5.74) is 6.50. The fourth-order valence-electron chi connectivity index (χ4n) is 2.37. The van der Waals surface area contributed by atoms with Crippen LogP contribution < -0.4 is 5.73 Å². The molecule has 0 atom stereocenters. The first kappa shape index (κ1) is 13.6. The molecule has 1 fully saturated rings. The summed E-state index contributed by atoms with van der Waals surface area (Å²) in [7, 11) is 0. The SMILES string of the molecule is NCC#Cc1csc(CN2CCCCCCC2)c1. The van der Waals surface area contributed by atoms with Crippen LogP contribution in [-0.2, 0) is 6.54 Å². The van der Waals surface area contributed by atoms with Crippen LogP contribution in [0.25, 0.3) is 0 Å². The lowest BCUT2D eigenvalue weighted by Gasteiger charge is -2.23. The zero-order chi connectivity index (χ0) is 12.6. The van der Waals surface area contributed by atoms with Crippen LogP contribution in [0.4, 0.5) is 0 Å². The van der Waals surface area contributed by atoms with Crippen LogP contribution in [0.1, 0.15) is 42.5 Å². The molecule has 2 rings (SSSR count). The number of thiophene rings is 1. The predicted octanol–water partition coefficient (Wildman–Crippen LogP) is 2.82. The highest BCUT2D eigenvalue weighted by Gasteiger charge is 2.09. The maximum Gasteiger partial charge on any atom is 0.0555 e. The highest BCUT2D eigenvalue weighted by molar-refractivity contribution is 7.10. The molecule has 2 N–H and O–H groups in total. The molecule has 0 aromatic carbocycles. The molecule has 0 radical (unpaired) electrons. The number of likely N-dealkylation sites (tertiary alicyclic amines) is 1. The van der Waals surface area contributed by atoms with E-state index in [0.717, 1.165) is 12.1 Å². The fraction of sp³-hybridized carbons (Fsp3) is 0.600. The molecule has 3 heteroatoms. The second kappa shape index (κ2) is 7.58. The van der Waals surface area contributed by atoms with Crippen LogP contribution >= 0.6 is 11.3 Å². The van der Waals surface area contributed by atoms with Gasteiger partial charge in [0.05, 0.1) is 6.54 Å². The van der Waals surface area contributed by atoms with Gasteiger partial charge in [0.15, 0.2) is 0 Å². The third-order valence-electron chi connectivity index (χ3n) is 3.32. The lowest BCUT2D eigenvalue weighted by atomic mass is 10.1. The Morgan fingerprint density at radius 1 is 1.17 bits per heavy atom. The molecular formula is C15H22N2S. The maximum atomic E-state index is 5.39. The van der Waals surface area contributed by atoms with Gasteiger partial charge in [0.2, 0.25) is 0 Å². The highest BCUT2D eigenvalue weighted by Crippen LogP contribution is 2.18. The first-order chi connectivity index (χ1) is 8.88. The van der Waals surface area contributed by atoms with Crippen LogP contribution in [0.2, 0.25) is 0 Å². The lowest BCUT2D eigenvalue weighted by molar-refractivity contribution is 0.241. The predicted molar refractivity (Wildman–Crippen MR) is 78.6 cm³/mol. The van der Waals surface area contributed by atoms with Crippen molar-refractivity contribution in [1.29, 1.82) is 0 Å². The van der Waals surface area contributed by atoms with Crippen molar-refractivity contribution in [2.24, 2.45) is 5.73 Å². The van der Waals surface area contributed by atoms with Crippen LogP contribution in [0.15, 0.2) is 11.4 Å². The van der Waals surface area contributed by atoms with E-state index in [2.05, 4.69) is 28.2 Å². The van der Waals surface area contributed by atoms with E-state index in [0.29, 0.717) is 6.54 Å². The van der Waals surface area contributed by atoms with E-state index in [4.69, 9.17) is 5.73 Å². The second-order valence-corrected chi connectivity index (χ2v) is 5.85. The molecule has 2 heterocycles. The zero-order valence-electron chi connectivity index (χ0n) is 11.0. The van der Waals surface area contributed by atoms with Gasteiger partial charge >= 0.3 is 0 Å². The minimum Gasteiger partial charge on any atom is -0.320 e. The summed E-state index contributed by atoms with van der Waals surface area (Å²) in [6.07, 6.45) is 6.92. The average molecular weight is 262 g/mol. The van der Waals surface area contributed by atoms with Crippen molar-refractivity contribution in [3.8, 4) is 11.8 Å². The van der Waals surface area contributed by atoms with Gasteiger partial charge in [-0.1, -0.05) is 31.1 Å². The van der Waals surface area contributed by atoms with E-state index < -0.39 is 0 Å². The molecule has 0 saturated carbocycles. The van der Waals surface area contributed by atoms with E-state index in [1.807, 2.05) is 11.3 Å². The Bertz CT molecular complexity index is 406. The largest absolute Gasteiger partial charge is 0.320 e. The normalized spacial score (nSPS) is 17.6. The lowest BCUT2D eigenvalue weighted by Crippen LogP contribution is -2.26. The van der Waals surface area contributed by atoms with Crippen molar-refractivity contribution in [3.63, 3.8) is 0 Å². The number of nitrogens with two attached hydrogens (primary N) is 1. The van der Waals surface area contributed by atoms with Crippen LogP contribution in [0, 0.1) is 11.8 Å². The van der Waals surface area contributed by atoms with Crippen LogP contribution in [0.3, 0.4) is 0 Å². The second-order valence-electron chi connectivity index (χ2n) is 4.85. The summed E-state index contributed by atoms with van der Waals surface area (Å²) in [5.74, 6) is 6.01. The summed E-state index contributed by atoms with van der Waals surface area (Å²) in [5, 5.41) is 2.14. The molecule has 1 saturated heterocycles. The molecule has 0 spiro atoms. The van der Waals surface area contributed by atoms with Crippen LogP contribution in [0.5, 0.6) is 0 Å². The fourth-order valence-corrected chi connectivity index (χ4v) is 3.23. The van der Waals surface area contributed by atoms with E-state index in [1.165, 1.54) is 50.1 Å². The highest BCUT2D eigenvalue weighted by atomic mass is 32.1. The van der Waals surface area contributed by atoms with Crippen molar-refractivity contribution < 1.29 is 0 Å². The average Bonchev–Trinajstić information content (AvgIpc) is 2.77. The molecule has 1 aromatic rings. The van der Waals surface area contributed by atoms with Gasteiger partial charge < -0.3 is 5.73 Å². The Morgan fingerprint density at radius 2 is 1.89 bits per heavy atom. The van der Waals surface area contributed by atoms with Crippen LogP contribution in [-0.4, -0.2) is 24.5 Å². The Hall–Kier alpha value is -0.820. The van der Waals surface area contributed by atoms with Gasteiger partial charge in [0.1, 0.15) is 0 Å². The van der Waals surface area contributed by atoms with Gasteiger partial charge in [-0.2, -0.15) is 0 Å². The number of hydrogen-bond acceptors (Lipinski definition) is 3. The van der Waals surface area contributed by atoms with E-state index in [-0.39, 0.29) is 0 Å². The van der Waals surface area contributed by atoms with Crippen molar-refractivity contribution >= 4 is 11.3 Å². The third kappa shape index (κ3) is 4.45. The zero-order valence-corrected chi connectivity index (χ0v) is 11.8. The molecule has 1 aliphatic rings. The molecule has 2 nitrogen and oxygen atoms in total. The minimum atomic E-state index is 0.442. The van der Waals surface area contributed by atoms with Gasteiger partial charge in [-0.25, -0.2) is 0 Å². The summed E-state index contributed by atoms with van der Waals surface area (Å²) in [6.45, 7) is 4.04. The van der Waals surface area contributed by atoms with Gasteiger partial charge in [0.25, 0.3) is 0 Å². The topological polar surface area (TPSA) is 29.3 Å². The summed E-state index contributed by atoms with van der Waals surface area (Å²) in [6, 6.07) is 2.21. The van der Waals surface area contributed by atoms with E-state index >= 15 is 0 Å². The molecule has 0 amide bonds. The van der Waals surface area contributed by atoms with E-state index in [9.17, 15) is 0 Å². The molecule has 18 heavy (non-hydrogen) atoms. The molecule has 0 bridgehead atoms. The van der Waals surface area contributed by atoms with Gasteiger partial charge in [-0.15, -0.1) is 11.3 Å². The Morgan fingerprint density at radius 3 is 2.61 bits per heavy atom. The Kier molecular flexibility index (Phi) is 5.73. The quantitative estimate of drug-likeness (QED) is 0.830. The standard InChI is InChI=1S/C15H22N2S/c16-8-6-7-14-11-15(18-13-14)12-17-9-4-2-1-3-5-10-17/h11,13H,1-5,8-10,12,16H2. The van der Waals surface area contributed by atoms with Crippen molar-refractivity contribution in [3.05, 3.63) is 21.9 Å². The summed E-state index contributed by atoms with van der Waals surface area (Å²) < 4.78 is 0. The molecule has 1 aliphatic heterocycles. The summed E-state index contributed by atoms with van der Waals surface area (Å²) in [4.78, 5) is 4.02. The van der Waals surface area contributed by atoms with Gasteiger partial charge in [-0.05, 0) is 32.0 Å². The number of rotatable bonds is 2. The molecule has 98 valence electrons. The van der Waals surface area contributed by atoms with Gasteiger partial charge in [-0.3, -0.25) is 4.90 Å². The molecular weight excluding hydrogens is 240 g/mol. The first-order valence-corrected chi connectivity index (χ1v) is 7.75. The maximum absolute atomic E-state index is 5.39. The van der Waals surface area contributed by atoms with Crippen molar-refractivity contribution in [2.45, 2.75) is 38.6 Å². The Balaban J connectivity index is 1.89. The van der Waals surface area contributed by atoms with Crippen molar-refractivity contribution in [2.75, 3.05) is 19.6 Å². The third-order valence-corrected chi connectivity index (χ3v) is 4.24. The summed E-state index contributed by atoms with van der Waals surface area (Å²) >= 11 is 1.82. The van der Waals surface area contributed by atoms with E-state index in [1.54, 1.807) is 0 Å². The van der Waals surface area contributed by atoms with Crippen molar-refractivity contribution in [1.82, 2.24) is 4.90 Å². The Labute approximate surface area is 114 Å². The number of nitrogens with zero attached hydrogens (tertiary/aromatic N) is 1. The minimum absolute atomic E-state index is 0.442. The molecule has 0 aliphatic carbocycles. The van der Waals surface area contributed by atoms with Gasteiger partial charge in [0, 0.05) is 22.4 Å². The molecule has 1 aromatic heterocycles. The molecule has 0 unspecified atom stereocenters. The monoisotopic (exact) mass is 262 g/mol.